The van der Waals surface area contributed by atoms with Gasteiger partial charge in [-0.1, -0.05) is 37.8 Å². The molecule has 0 heterocycles. The number of aryl methyl sites for hydroxylation is 1. The zero-order chi connectivity index (χ0) is 11.5. The summed E-state index contributed by atoms with van der Waals surface area (Å²) in [5.74, 6) is 0.153. The molecule has 15 heavy (non-hydrogen) atoms. The van der Waals surface area contributed by atoms with E-state index in [0.29, 0.717) is 5.56 Å². The quantitative estimate of drug-likeness (QED) is 0.584. The molecule has 0 saturated heterocycles. The zero-order valence-electron chi connectivity index (χ0n) is 8.86. The third-order valence-corrected chi connectivity index (χ3v) is 2.44. The molecule has 0 fully saturated rings. The molecule has 0 saturated carbocycles. The van der Waals surface area contributed by atoms with E-state index in [9.17, 15) is 8.42 Å². The SMILES string of the molecule is C=C(OS(C)(=O)=O)c1ccc(CC)cc1. The Morgan fingerprint density at radius 1 is 1.33 bits per heavy atom. The molecule has 0 bridgehead atoms. The van der Waals surface area contributed by atoms with Gasteiger partial charge in [0.1, 0.15) is 5.76 Å². The van der Waals surface area contributed by atoms with Crippen LogP contribution in [-0.4, -0.2) is 14.7 Å². The van der Waals surface area contributed by atoms with Gasteiger partial charge in [0.15, 0.2) is 0 Å². The molecule has 1 rings (SSSR count). The van der Waals surface area contributed by atoms with Crippen molar-refractivity contribution < 1.29 is 12.6 Å². The minimum atomic E-state index is -3.49. The number of benzene rings is 1. The summed E-state index contributed by atoms with van der Waals surface area (Å²) in [6.07, 6.45) is 1.94. The smallest absolute Gasteiger partial charge is 0.306 e. The molecule has 0 N–H and O–H groups in total. The van der Waals surface area contributed by atoms with Crippen LogP contribution < -0.4 is 0 Å². The van der Waals surface area contributed by atoms with Crippen molar-refractivity contribution in [3.63, 3.8) is 0 Å². The summed E-state index contributed by atoms with van der Waals surface area (Å²) in [5.41, 5.74) is 1.86. The standard InChI is InChI=1S/C11H14O3S/c1-4-10-5-7-11(8-6-10)9(2)14-15(3,12)13/h5-8H,2,4H2,1,3H3. The zero-order valence-corrected chi connectivity index (χ0v) is 9.67. The molecule has 1 aromatic carbocycles. The molecule has 3 nitrogen and oxygen atoms in total. The molecule has 0 spiro atoms. The molecule has 0 unspecified atom stereocenters. The van der Waals surface area contributed by atoms with E-state index in [1.54, 1.807) is 12.1 Å². The van der Waals surface area contributed by atoms with Gasteiger partial charge in [0.2, 0.25) is 0 Å². The third-order valence-electron chi connectivity index (χ3n) is 1.94. The lowest BCUT2D eigenvalue weighted by molar-refractivity contribution is 0.471. The molecule has 0 aromatic heterocycles. The predicted molar refractivity (Wildman–Crippen MR) is 60.8 cm³/mol. The van der Waals surface area contributed by atoms with Crippen LogP contribution in [-0.2, 0) is 20.7 Å². The highest BCUT2D eigenvalue weighted by Gasteiger charge is 2.07. The Balaban J connectivity index is 2.84. The summed E-state index contributed by atoms with van der Waals surface area (Å²) in [5, 5.41) is 0. The lowest BCUT2D eigenvalue weighted by Gasteiger charge is -2.06. The monoisotopic (exact) mass is 226 g/mol. The van der Waals surface area contributed by atoms with Crippen molar-refractivity contribution in [3.8, 4) is 0 Å². The predicted octanol–water partition coefficient (Wildman–Crippen LogP) is 2.20. The molecule has 0 amide bonds. The molecule has 1 aromatic rings. The van der Waals surface area contributed by atoms with Crippen LogP contribution in [0.3, 0.4) is 0 Å². The Hall–Kier alpha value is -1.29. The van der Waals surface area contributed by atoms with Gasteiger partial charge in [0.05, 0.1) is 6.26 Å². The Morgan fingerprint density at radius 2 is 1.87 bits per heavy atom. The van der Waals surface area contributed by atoms with Gasteiger partial charge in [0.25, 0.3) is 0 Å². The lowest BCUT2D eigenvalue weighted by atomic mass is 10.1. The van der Waals surface area contributed by atoms with E-state index in [-0.39, 0.29) is 5.76 Å². The van der Waals surface area contributed by atoms with Gasteiger partial charge in [-0.05, 0) is 12.0 Å². The van der Waals surface area contributed by atoms with Crippen LogP contribution in [0.15, 0.2) is 30.8 Å². The second kappa shape index (κ2) is 4.49. The number of hydrogen-bond donors (Lipinski definition) is 0. The fourth-order valence-electron chi connectivity index (χ4n) is 1.16. The van der Waals surface area contributed by atoms with Crippen molar-refractivity contribution in [2.24, 2.45) is 0 Å². The Morgan fingerprint density at radius 3 is 2.27 bits per heavy atom. The summed E-state index contributed by atoms with van der Waals surface area (Å²) in [4.78, 5) is 0. The van der Waals surface area contributed by atoms with Crippen molar-refractivity contribution >= 4 is 15.9 Å². The number of hydrogen-bond acceptors (Lipinski definition) is 3. The maximum Gasteiger partial charge on any atom is 0.306 e. The highest BCUT2D eigenvalue weighted by atomic mass is 32.2. The fraction of sp³-hybridized carbons (Fsp3) is 0.273. The summed E-state index contributed by atoms with van der Waals surface area (Å²) in [7, 11) is -3.49. The van der Waals surface area contributed by atoms with E-state index in [2.05, 4.69) is 17.7 Å². The second-order valence-electron chi connectivity index (χ2n) is 3.26. The Kier molecular flexibility index (Phi) is 3.52. The van der Waals surface area contributed by atoms with E-state index in [0.717, 1.165) is 12.7 Å². The first-order valence-electron chi connectivity index (χ1n) is 4.60. The van der Waals surface area contributed by atoms with E-state index >= 15 is 0 Å². The summed E-state index contributed by atoms with van der Waals surface area (Å²) in [6, 6.07) is 7.44. The molecule has 0 radical (unpaired) electrons. The van der Waals surface area contributed by atoms with E-state index in [1.807, 2.05) is 12.1 Å². The average Bonchev–Trinajstić information content (AvgIpc) is 2.15. The molecule has 0 atom stereocenters. The topological polar surface area (TPSA) is 43.4 Å². The molecular formula is C11H14O3S. The molecule has 0 aliphatic carbocycles. The highest BCUT2D eigenvalue weighted by molar-refractivity contribution is 7.86. The van der Waals surface area contributed by atoms with Crippen molar-refractivity contribution in [2.75, 3.05) is 6.26 Å². The summed E-state index contributed by atoms with van der Waals surface area (Å²) >= 11 is 0. The second-order valence-corrected chi connectivity index (χ2v) is 4.84. The highest BCUT2D eigenvalue weighted by Crippen LogP contribution is 2.16. The van der Waals surface area contributed by atoms with Gasteiger partial charge < -0.3 is 4.18 Å². The Labute approximate surface area is 90.5 Å². The van der Waals surface area contributed by atoms with Gasteiger partial charge in [0, 0.05) is 5.56 Å². The van der Waals surface area contributed by atoms with Crippen LogP contribution in [0, 0.1) is 0 Å². The van der Waals surface area contributed by atoms with E-state index in [4.69, 9.17) is 0 Å². The fourth-order valence-corrected chi connectivity index (χ4v) is 1.62. The van der Waals surface area contributed by atoms with Crippen molar-refractivity contribution in [1.82, 2.24) is 0 Å². The maximum absolute atomic E-state index is 10.9. The lowest BCUT2D eigenvalue weighted by Crippen LogP contribution is -2.01. The minimum Gasteiger partial charge on any atom is -0.383 e. The summed E-state index contributed by atoms with van der Waals surface area (Å²) < 4.78 is 26.4. The largest absolute Gasteiger partial charge is 0.383 e. The Bertz CT molecular complexity index is 443. The first-order chi connectivity index (χ1) is 6.92. The minimum absolute atomic E-state index is 0.153. The van der Waals surface area contributed by atoms with Gasteiger partial charge in [-0.3, -0.25) is 0 Å². The summed E-state index contributed by atoms with van der Waals surface area (Å²) in [6.45, 7) is 5.62. The molecule has 4 heteroatoms. The van der Waals surface area contributed by atoms with Gasteiger partial charge in [-0.25, -0.2) is 0 Å². The third kappa shape index (κ3) is 3.75. The van der Waals surface area contributed by atoms with Crippen LogP contribution in [0.5, 0.6) is 0 Å². The first-order valence-corrected chi connectivity index (χ1v) is 6.41. The molecular weight excluding hydrogens is 212 g/mol. The van der Waals surface area contributed by atoms with E-state index < -0.39 is 10.1 Å². The van der Waals surface area contributed by atoms with Crippen LogP contribution in [0.2, 0.25) is 0 Å². The van der Waals surface area contributed by atoms with E-state index in [1.165, 1.54) is 5.56 Å². The normalized spacial score (nSPS) is 11.1. The van der Waals surface area contributed by atoms with Gasteiger partial charge in [-0.15, -0.1) is 0 Å². The maximum atomic E-state index is 10.9. The van der Waals surface area contributed by atoms with Crippen LogP contribution >= 0.6 is 0 Å². The van der Waals surface area contributed by atoms with Crippen molar-refractivity contribution in [1.29, 1.82) is 0 Å². The average molecular weight is 226 g/mol. The van der Waals surface area contributed by atoms with Crippen molar-refractivity contribution in [2.45, 2.75) is 13.3 Å². The number of rotatable bonds is 4. The first kappa shape index (κ1) is 11.8. The van der Waals surface area contributed by atoms with Gasteiger partial charge in [-0.2, -0.15) is 8.42 Å². The van der Waals surface area contributed by atoms with Crippen LogP contribution in [0.25, 0.3) is 5.76 Å². The molecule has 0 aliphatic heterocycles. The van der Waals surface area contributed by atoms with Gasteiger partial charge >= 0.3 is 10.1 Å². The molecule has 82 valence electrons. The van der Waals surface area contributed by atoms with Crippen molar-refractivity contribution in [3.05, 3.63) is 42.0 Å². The molecule has 0 aliphatic rings. The van der Waals surface area contributed by atoms with Crippen LogP contribution in [0.1, 0.15) is 18.1 Å². The van der Waals surface area contributed by atoms with Crippen LogP contribution in [0.4, 0.5) is 0 Å².